The van der Waals surface area contributed by atoms with E-state index in [0.29, 0.717) is 11.8 Å². The molecule has 118 valence electrons. The Bertz CT molecular complexity index is 601. The van der Waals surface area contributed by atoms with Crippen LogP contribution in [0.1, 0.15) is 39.0 Å². The van der Waals surface area contributed by atoms with Gasteiger partial charge in [0.25, 0.3) is 0 Å². The second kappa shape index (κ2) is 7.47. The van der Waals surface area contributed by atoms with Gasteiger partial charge in [0.2, 0.25) is 5.91 Å². The molecule has 1 amide bonds. The second-order valence-corrected chi connectivity index (χ2v) is 7.96. The van der Waals surface area contributed by atoms with E-state index < -0.39 is 0 Å². The zero-order valence-electron chi connectivity index (χ0n) is 13.0. The molecule has 0 aliphatic heterocycles. The average molecular weight is 335 g/mol. The predicted octanol–water partition coefficient (Wildman–Crippen LogP) is 4.57. The molecule has 0 radical (unpaired) electrons. The lowest BCUT2D eigenvalue weighted by atomic mass is 9.94. The Kier molecular flexibility index (Phi) is 5.37. The summed E-state index contributed by atoms with van der Waals surface area (Å²) in [6.45, 7) is 2.92. The van der Waals surface area contributed by atoms with Gasteiger partial charge in [-0.15, -0.1) is 11.3 Å². The standard InChI is InChI=1S/C17H22N2OS2/c1-2-19(13-8-4-3-5-9-13)16(20)12-21-17-18-14-10-6-7-11-15(14)22-17/h6-7,10-11,13H,2-5,8-9,12H2,1H3. The van der Waals surface area contributed by atoms with Crippen molar-refractivity contribution < 1.29 is 4.79 Å². The van der Waals surface area contributed by atoms with Gasteiger partial charge in [0.15, 0.2) is 4.34 Å². The molecule has 1 aliphatic carbocycles. The van der Waals surface area contributed by atoms with Crippen LogP contribution >= 0.6 is 23.1 Å². The van der Waals surface area contributed by atoms with E-state index in [1.165, 1.54) is 36.8 Å². The van der Waals surface area contributed by atoms with Gasteiger partial charge in [0.1, 0.15) is 0 Å². The number of nitrogens with zero attached hydrogens (tertiary/aromatic N) is 2. The molecule has 1 saturated carbocycles. The quantitative estimate of drug-likeness (QED) is 0.751. The minimum atomic E-state index is 0.263. The first-order valence-corrected chi connectivity index (χ1v) is 9.86. The summed E-state index contributed by atoms with van der Waals surface area (Å²) in [5, 5.41) is 0. The Morgan fingerprint density at radius 2 is 2.09 bits per heavy atom. The summed E-state index contributed by atoms with van der Waals surface area (Å²) >= 11 is 3.25. The Morgan fingerprint density at radius 3 is 2.82 bits per heavy atom. The van der Waals surface area contributed by atoms with Crippen molar-refractivity contribution in [2.45, 2.75) is 49.4 Å². The number of para-hydroxylation sites is 1. The summed E-state index contributed by atoms with van der Waals surface area (Å²) < 4.78 is 2.19. The minimum Gasteiger partial charge on any atom is -0.339 e. The van der Waals surface area contributed by atoms with E-state index in [4.69, 9.17) is 0 Å². The Hall–Kier alpha value is -1.07. The van der Waals surface area contributed by atoms with E-state index in [2.05, 4.69) is 22.9 Å². The number of rotatable bonds is 5. The van der Waals surface area contributed by atoms with E-state index in [1.54, 1.807) is 23.1 Å². The molecular weight excluding hydrogens is 312 g/mol. The number of benzene rings is 1. The number of hydrogen-bond donors (Lipinski definition) is 0. The SMILES string of the molecule is CCN(C(=O)CSc1nc2ccccc2s1)C1CCCCC1. The molecule has 2 aromatic rings. The highest BCUT2D eigenvalue weighted by molar-refractivity contribution is 8.01. The van der Waals surface area contributed by atoms with Crippen LogP contribution in [0.25, 0.3) is 10.2 Å². The summed E-state index contributed by atoms with van der Waals surface area (Å²) in [4.78, 5) is 19.2. The first kappa shape index (κ1) is 15.8. The van der Waals surface area contributed by atoms with Crippen molar-refractivity contribution in [2.24, 2.45) is 0 Å². The largest absolute Gasteiger partial charge is 0.339 e. The fraction of sp³-hybridized carbons (Fsp3) is 0.529. The summed E-state index contributed by atoms with van der Waals surface area (Å²) in [6, 6.07) is 8.60. The maximum atomic E-state index is 12.5. The number of carbonyl (C=O) groups excluding carboxylic acids is 1. The highest BCUT2D eigenvalue weighted by atomic mass is 32.2. The third-order valence-corrected chi connectivity index (χ3v) is 6.43. The molecule has 1 fully saturated rings. The van der Waals surface area contributed by atoms with Crippen LogP contribution in [0.4, 0.5) is 0 Å². The fourth-order valence-electron chi connectivity index (χ4n) is 3.15. The van der Waals surface area contributed by atoms with Crippen molar-refractivity contribution in [3.63, 3.8) is 0 Å². The van der Waals surface area contributed by atoms with Crippen LogP contribution in [0.5, 0.6) is 0 Å². The number of aromatic nitrogens is 1. The molecule has 1 aromatic heterocycles. The molecule has 1 aliphatic rings. The smallest absolute Gasteiger partial charge is 0.233 e. The van der Waals surface area contributed by atoms with Gasteiger partial charge >= 0.3 is 0 Å². The first-order chi connectivity index (χ1) is 10.8. The van der Waals surface area contributed by atoms with Crippen molar-refractivity contribution in [3.8, 4) is 0 Å². The lowest BCUT2D eigenvalue weighted by molar-refractivity contribution is -0.131. The maximum Gasteiger partial charge on any atom is 0.233 e. The van der Waals surface area contributed by atoms with Crippen LogP contribution < -0.4 is 0 Å². The van der Waals surface area contributed by atoms with Gasteiger partial charge in [-0.05, 0) is 31.9 Å². The number of fused-ring (bicyclic) bond motifs is 1. The maximum absolute atomic E-state index is 12.5. The normalized spacial score (nSPS) is 16.0. The molecule has 0 unspecified atom stereocenters. The number of hydrogen-bond acceptors (Lipinski definition) is 4. The molecule has 0 bridgehead atoms. The van der Waals surface area contributed by atoms with Crippen LogP contribution in [-0.2, 0) is 4.79 Å². The second-order valence-electron chi connectivity index (χ2n) is 5.71. The highest BCUT2D eigenvalue weighted by Gasteiger charge is 2.24. The van der Waals surface area contributed by atoms with Gasteiger partial charge in [-0.1, -0.05) is 43.2 Å². The van der Waals surface area contributed by atoms with Crippen molar-refractivity contribution in [3.05, 3.63) is 24.3 Å². The predicted molar refractivity (Wildman–Crippen MR) is 94.6 cm³/mol. The van der Waals surface area contributed by atoms with E-state index >= 15 is 0 Å². The van der Waals surface area contributed by atoms with Gasteiger partial charge < -0.3 is 4.90 Å². The van der Waals surface area contributed by atoms with Gasteiger partial charge in [0.05, 0.1) is 16.0 Å². The van der Waals surface area contributed by atoms with Crippen LogP contribution in [0.15, 0.2) is 28.6 Å². The summed E-state index contributed by atoms with van der Waals surface area (Å²) in [7, 11) is 0. The molecule has 0 N–H and O–H groups in total. The Labute approximate surface area is 140 Å². The zero-order valence-corrected chi connectivity index (χ0v) is 14.6. The number of thiazole rings is 1. The molecule has 3 rings (SSSR count). The third-order valence-electron chi connectivity index (χ3n) is 4.27. The average Bonchev–Trinajstić information content (AvgIpc) is 2.97. The molecule has 0 atom stereocenters. The molecular formula is C17H22N2OS2. The molecule has 5 heteroatoms. The Morgan fingerprint density at radius 1 is 1.32 bits per heavy atom. The van der Waals surface area contributed by atoms with Crippen LogP contribution in [-0.4, -0.2) is 34.1 Å². The van der Waals surface area contributed by atoms with Gasteiger partial charge in [-0.3, -0.25) is 4.79 Å². The minimum absolute atomic E-state index is 0.263. The molecule has 1 aromatic carbocycles. The Balaban J connectivity index is 1.60. The van der Waals surface area contributed by atoms with Crippen molar-refractivity contribution in [1.82, 2.24) is 9.88 Å². The van der Waals surface area contributed by atoms with Gasteiger partial charge in [0, 0.05) is 12.6 Å². The molecule has 0 spiro atoms. The number of carbonyl (C=O) groups is 1. The topological polar surface area (TPSA) is 33.2 Å². The fourth-order valence-corrected chi connectivity index (χ4v) is 5.10. The lowest BCUT2D eigenvalue weighted by Crippen LogP contribution is -2.42. The van der Waals surface area contributed by atoms with Crippen LogP contribution in [0.3, 0.4) is 0 Å². The van der Waals surface area contributed by atoms with Gasteiger partial charge in [-0.25, -0.2) is 4.98 Å². The van der Waals surface area contributed by atoms with E-state index in [0.717, 1.165) is 16.4 Å². The van der Waals surface area contributed by atoms with Crippen LogP contribution in [0, 0.1) is 0 Å². The number of thioether (sulfide) groups is 1. The molecule has 22 heavy (non-hydrogen) atoms. The zero-order chi connectivity index (χ0) is 15.4. The summed E-state index contributed by atoms with van der Waals surface area (Å²) in [6.07, 6.45) is 6.19. The highest BCUT2D eigenvalue weighted by Crippen LogP contribution is 2.30. The molecule has 1 heterocycles. The van der Waals surface area contributed by atoms with Crippen molar-refractivity contribution >= 4 is 39.2 Å². The van der Waals surface area contributed by atoms with E-state index in [-0.39, 0.29) is 5.91 Å². The number of amides is 1. The molecule has 3 nitrogen and oxygen atoms in total. The monoisotopic (exact) mass is 334 g/mol. The van der Waals surface area contributed by atoms with Gasteiger partial charge in [-0.2, -0.15) is 0 Å². The van der Waals surface area contributed by atoms with E-state index in [9.17, 15) is 4.79 Å². The van der Waals surface area contributed by atoms with Crippen molar-refractivity contribution in [2.75, 3.05) is 12.3 Å². The summed E-state index contributed by atoms with van der Waals surface area (Å²) in [5.41, 5.74) is 1.03. The lowest BCUT2D eigenvalue weighted by Gasteiger charge is -2.33. The first-order valence-electron chi connectivity index (χ1n) is 8.05. The summed E-state index contributed by atoms with van der Waals surface area (Å²) in [5.74, 6) is 0.767. The van der Waals surface area contributed by atoms with Crippen molar-refractivity contribution in [1.29, 1.82) is 0 Å². The molecule has 0 saturated heterocycles. The third kappa shape index (κ3) is 3.63. The van der Waals surface area contributed by atoms with E-state index in [1.807, 2.05) is 18.2 Å². The van der Waals surface area contributed by atoms with Crippen LogP contribution in [0.2, 0.25) is 0 Å².